The lowest BCUT2D eigenvalue weighted by atomic mass is 10.0. The summed E-state index contributed by atoms with van der Waals surface area (Å²) in [4.78, 5) is 24.6. The number of nitrogens with two attached hydrogens (primary N) is 1. The van der Waals surface area contributed by atoms with Gasteiger partial charge in [0.15, 0.2) is 11.5 Å². The molecule has 1 aliphatic rings. The van der Waals surface area contributed by atoms with Crippen LogP contribution in [-0.2, 0) is 6.54 Å². The first kappa shape index (κ1) is 30.5. The Labute approximate surface area is 273 Å². The summed E-state index contributed by atoms with van der Waals surface area (Å²) >= 11 is 0. The van der Waals surface area contributed by atoms with Crippen molar-refractivity contribution in [3.05, 3.63) is 90.5 Å². The first-order valence-electron chi connectivity index (χ1n) is 15.1. The Hall–Kier alpha value is -6.14. The van der Waals surface area contributed by atoms with E-state index in [0.717, 1.165) is 43.7 Å². The molecule has 5 aromatic heterocycles. The Morgan fingerprint density at radius 2 is 1.73 bits per heavy atom. The van der Waals surface area contributed by atoms with Gasteiger partial charge in [-0.1, -0.05) is 12.1 Å². The molecule has 1 fully saturated rings. The van der Waals surface area contributed by atoms with Crippen molar-refractivity contribution in [1.82, 2.24) is 44.6 Å². The zero-order valence-electron chi connectivity index (χ0n) is 25.4. The molecule has 0 unspecified atom stereocenters. The lowest BCUT2D eigenvalue weighted by molar-refractivity contribution is -0.0534. The van der Waals surface area contributed by atoms with Crippen molar-refractivity contribution in [2.45, 2.75) is 32.0 Å². The molecule has 48 heavy (non-hydrogen) atoms. The summed E-state index contributed by atoms with van der Waals surface area (Å²) in [6, 6.07) is 22.3. The highest BCUT2D eigenvalue weighted by atomic mass is 19.3. The predicted octanol–water partition coefficient (Wildman–Crippen LogP) is 4.86. The molecule has 0 spiro atoms. The zero-order valence-corrected chi connectivity index (χ0v) is 25.4. The number of likely N-dealkylation sites (tertiary alicyclic amines) is 1. The minimum absolute atomic E-state index is 0.154. The van der Waals surface area contributed by atoms with Crippen LogP contribution in [0.4, 0.5) is 20.4 Å². The van der Waals surface area contributed by atoms with Gasteiger partial charge in [-0.2, -0.15) is 14.0 Å². The smallest absolute Gasteiger partial charge is 0.388 e. The maximum atomic E-state index is 12.6. The summed E-state index contributed by atoms with van der Waals surface area (Å²) < 4.78 is 31.4. The highest BCUT2D eigenvalue weighted by Crippen LogP contribution is 2.32. The van der Waals surface area contributed by atoms with E-state index in [0.29, 0.717) is 45.6 Å². The van der Waals surface area contributed by atoms with Gasteiger partial charge in [0.25, 0.3) is 0 Å². The SMILES string of the molecule is N#Cc1nccc(NC2CCN(Cc3ccc(-n4c(-c5cccnc5N)nc5ccc(-c6ccc(OC(F)F)nn6)nc54)cc3)CC2)n1. The fraction of sp³-hybridized carbons (Fsp3) is 0.212. The maximum Gasteiger partial charge on any atom is 0.388 e. The van der Waals surface area contributed by atoms with Gasteiger partial charge in [-0.05, 0) is 66.9 Å². The molecule has 1 aromatic carbocycles. The number of nitrogen functional groups attached to an aromatic ring is 1. The molecular weight excluding hydrogens is 618 g/mol. The van der Waals surface area contributed by atoms with E-state index in [2.05, 4.69) is 52.2 Å². The van der Waals surface area contributed by atoms with Crippen LogP contribution in [0.15, 0.2) is 79.1 Å². The fourth-order valence-corrected chi connectivity index (χ4v) is 5.69. The molecular formula is C33H28F2N12O. The van der Waals surface area contributed by atoms with E-state index in [-0.39, 0.29) is 17.7 Å². The van der Waals surface area contributed by atoms with E-state index in [1.165, 1.54) is 12.1 Å². The van der Waals surface area contributed by atoms with Crippen LogP contribution < -0.4 is 15.8 Å². The summed E-state index contributed by atoms with van der Waals surface area (Å²) in [5.74, 6) is 1.44. The summed E-state index contributed by atoms with van der Waals surface area (Å²) in [6.07, 6.45) is 5.10. The number of nitrogens with one attached hydrogen (secondary N) is 1. The van der Waals surface area contributed by atoms with Gasteiger partial charge in [0.05, 0.1) is 11.3 Å². The number of alkyl halides is 2. The van der Waals surface area contributed by atoms with Gasteiger partial charge >= 0.3 is 6.61 Å². The number of halogens is 2. The normalized spacial score (nSPS) is 13.9. The molecule has 15 heteroatoms. The molecule has 1 saturated heterocycles. The third-order valence-electron chi connectivity index (χ3n) is 7.99. The monoisotopic (exact) mass is 646 g/mol. The zero-order chi connectivity index (χ0) is 33.0. The van der Waals surface area contributed by atoms with Gasteiger partial charge < -0.3 is 15.8 Å². The van der Waals surface area contributed by atoms with Crippen molar-refractivity contribution in [1.29, 1.82) is 5.26 Å². The summed E-state index contributed by atoms with van der Waals surface area (Å²) in [5, 5.41) is 20.3. The van der Waals surface area contributed by atoms with Crippen LogP contribution in [0.25, 0.3) is 39.6 Å². The van der Waals surface area contributed by atoms with Gasteiger partial charge in [-0.3, -0.25) is 9.47 Å². The molecule has 6 aromatic rings. The number of fused-ring (bicyclic) bond motifs is 1. The minimum atomic E-state index is -3.00. The van der Waals surface area contributed by atoms with Gasteiger partial charge in [-0.25, -0.2) is 24.9 Å². The number of pyridine rings is 2. The predicted molar refractivity (Wildman–Crippen MR) is 173 cm³/mol. The standard InChI is InChI=1S/C33H28F2N12O/c34-33(35)48-29-10-9-25(44-45-29)24-7-8-26-32(41-24)47(31(42-26)23-2-1-14-39-30(23)37)22-5-3-20(4-6-22)19-46-16-12-21(13-17-46)40-27-11-15-38-28(18-36)43-27/h1-11,14-15,21,33H,12-13,16-17,19H2,(H2,37,39)(H,38,40,43). The van der Waals surface area contributed by atoms with Crippen molar-refractivity contribution < 1.29 is 13.5 Å². The second-order valence-electron chi connectivity index (χ2n) is 11.1. The Balaban J connectivity index is 1.13. The molecule has 0 aliphatic carbocycles. The van der Waals surface area contributed by atoms with E-state index in [9.17, 15) is 8.78 Å². The van der Waals surface area contributed by atoms with Crippen LogP contribution in [0.2, 0.25) is 0 Å². The summed E-state index contributed by atoms with van der Waals surface area (Å²) in [7, 11) is 0. The molecule has 0 atom stereocenters. The third-order valence-corrected chi connectivity index (χ3v) is 7.99. The van der Waals surface area contributed by atoms with Crippen LogP contribution in [0.3, 0.4) is 0 Å². The molecule has 13 nitrogen and oxygen atoms in total. The highest BCUT2D eigenvalue weighted by Gasteiger charge is 2.21. The maximum absolute atomic E-state index is 12.6. The van der Waals surface area contributed by atoms with Crippen LogP contribution >= 0.6 is 0 Å². The van der Waals surface area contributed by atoms with E-state index in [1.54, 1.807) is 30.6 Å². The molecule has 0 saturated carbocycles. The van der Waals surface area contributed by atoms with Crippen molar-refractivity contribution in [2.75, 3.05) is 24.1 Å². The van der Waals surface area contributed by atoms with Gasteiger partial charge in [0, 0.05) is 49.8 Å². The van der Waals surface area contributed by atoms with Crippen molar-refractivity contribution in [3.8, 4) is 40.4 Å². The number of nitrogens with zero attached hydrogens (tertiary/aromatic N) is 10. The number of nitriles is 1. The number of rotatable bonds is 9. The topological polar surface area (TPSA) is 169 Å². The number of ether oxygens (including phenoxy) is 1. The summed E-state index contributed by atoms with van der Waals surface area (Å²) in [5.41, 5.74) is 10.9. The first-order valence-corrected chi connectivity index (χ1v) is 15.1. The number of anilines is 2. The number of aromatic nitrogens is 8. The number of benzene rings is 1. The van der Waals surface area contributed by atoms with Gasteiger partial charge in [-0.15, -0.1) is 10.2 Å². The van der Waals surface area contributed by atoms with Gasteiger partial charge in [0.2, 0.25) is 11.7 Å². The van der Waals surface area contributed by atoms with Crippen molar-refractivity contribution in [2.24, 2.45) is 0 Å². The molecule has 240 valence electrons. The number of imidazole rings is 1. The largest absolute Gasteiger partial charge is 0.415 e. The molecule has 7 rings (SSSR count). The molecule has 0 amide bonds. The molecule has 0 radical (unpaired) electrons. The quantitative estimate of drug-likeness (QED) is 0.219. The van der Waals surface area contributed by atoms with E-state index >= 15 is 0 Å². The Morgan fingerprint density at radius 1 is 0.917 bits per heavy atom. The number of piperidine rings is 1. The lowest BCUT2D eigenvalue weighted by Crippen LogP contribution is -2.38. The Kier molecular flexibility index (Phi) is 8.46. The lowest BCUT2D eigenvalue weighted by Gasteiger charge is -2.32. The van der Waals surface area contributed by atoms with Crippen LogP contribution in [0, 0.1) is 11.3 Å². The Bertz CT molecular complexity index is 2090. The summed E-state index contributed by atoms with van der Waals surface area (Å²) in [6.45, 7) is -0.378. The number of hydrogen-bond acceptors (Lipinski definition) is 12. The van der Waals surface area contributed by atoms with Crippen LogP contribution in [-0.4, -0.2) is 70.3 Å². The second-order valence-corrected chi connectivity index (χ2v) is 11.1. The average molecular weight is 647 g/mol. The third kappa shape index (κ3) is 6.55. The molecule has 6 heterocycles. The van der Waals surface area contributed by atoms with E-state index in [4.69, 9.17) is 21.0 Å². The molecule has 0 bridgehead atoms. The van der Waals surface area contributed by atoms with Crippen molar-refractivity contribution in [3.63, 3.8) is 0 Å². The number of hydrogen-bond donors (Lipinski definition) is 2. The first-order chi connectivity index (χ1) is 23.4. The highest BCUT2D eigenvalue weighted by molar-refractivity contribution is 5.84. The molecule has 1 aliphatic heterocycles. The second kappa shape index (κ2) is 13.3. The minimum Gasteiger partial charge on any atom is -0.415 e. The van der Waals surface area contributed by atoms with Crippen LogP contribution in [0.5, 0.6) is 5.88 Å². The Morgan fingerprint density at radius 3 is 2.46 bits per heavy atom. The van der Waals surface area contributed by atoms with E-state index in [1.807, 2.05) is 34.9 Å². The van der Waals surface area contributed by atoms with E-state index < -0.39 is 6.61 Å². The fourth-order valence-electron chi connectivity index (χ4n) is 5.69. The molecule has 3 N–H and O–H groups in total. The van der Waals surface area contributed by atoms with Crippen LogP contribution in [0.1, 0.15) is 24.2 Å². The van der Waals surface area contributed by atoms with Crippen molar-refractivity contribution >= 4 is 22.8 Å². The average Bonchev–Trinajstić information content (AvgIpc) is 3.48. The van der Waals surface area contributed by atoms with Gasteiger partial charge in [0.1, 0.15) is 28.9 Å².